The molecular formula is C17H14ClFN2O2. The SMILES string of the molecule is Cc1cc(Nc2ccc(F)c(Cl)c2)c2cc(C(=O)O)n(C)c2c1. The summed E-state index contributed by atoms with van der Waals surface area (Å²) in [7, 11) is 1.71. The van der Waals surface area contributed by atoms with Gasteiger partial charge in [-0.15, -0.1) is 0 Å². The van der Waals surface area contributed by atoms with E-state index in [1.165, 1.54) is 12.1 Å². The topological polar surface area (TPSA) is 54.3 Å². The van der Waals surface area contributed by atoms with Crippen molar-refractivity contribution in [3.8, 4) is 0 Å². The maximum absolute atomic E-state index is 13.3. The van der Waals surface area contributed by atoms with Gasteiger partial charge in [-0.05, 0) is 48.9 Å². The molecule has 0 spiro atoms. The predicted molar refractivity (Wildman–Crippen MR) is 89.3 cm³/mol. The van der Waals surface area contributed by atoms with Crippen molar-refractivity contribution in [1.82, 2.24) is 4.57 Å². The Morgan fingerprint density at radius 3 is 2.65 bits per heavy atom. The number of carboxylic acid groups (broad SMARTS) is 1. The van der Waals surface area contributed by atoms with E-state index >= 15 is 0 Å². The van der Waals surface area contributed by atoms with Crippen LogP contribution in [0.3, 0.4) is 0 Å². The molecule has 23 heavy (non-hydrogen) atoms. The van der Waals surface area contributed by atoms with Crippen molar-refractivity contribution in [2.75, 3.05) is 5.32 Å². The maximum atomic E-state index is 13.3. The van der Waals surface area contributed by atoms with Crippen LogP contribution in [0.2, 0.25) is 5.02 Å². The second-order valence-corrected chi connectivity index (χ2v) is 5.80. The predicted octanol–water partition coefficient (Wildman–Crippen LogP) is 4.72. The third-order valence-corrected chi connectivity index (χ3v) is 4.01. The molecule has 6 heteroatoms. The Kier molecular flexibility index (Phi) is 3.74. The van der Waals surface area contributed by atoms with Gasteiger partial charge in [0.2, 0.25) is 0 Å². The average molecular weight is 333 g/mol. The number of benzene rings is 2. The highest BCUT2D eigenvalue weighted by atomic mass is 35.5. The van der Waals surface area contributed by atoms with Gasteiger partial charge in [0, 0.05) is 23.8 Å². The Morgan fingerprint density at radius 1 is 1.26 bits per heavy atom. The number of nitrogens with zero attached hydrogens (tertiary/aromatic N) is 1. The lowest BCUT2D eigenvalue weighted by Crippen LogP contribution is -2.03. The molecule has 0 atom stereocenters. The summed E-state index contributed by atoms with van der Waals surface area (Å²) in [5, 5.41) is 13.3. The fraction of sp³-hybridized carbons (Fsp3) is 0.118. The second kappa shape index (κ2) is 5.59. The van der Waals surface area contributed by atoms with E-state index in [1.54, 1.807) is 23.7 Å². The summed E-state index contributed by atoms with van der Waals surface area (Å²) in [6, 6.07) is 9.80. The van der Waals surface area contributed by atoms with E-state index in [0.29, 0.717) is 5.69 Å². The van der Waals surface area contributed by atoms with Crippen LogP contribution in [0.25, 0.3) is 10.9 Å². The van der Waals surface area contributed by atoms with Crippen molar-refractivity contribution in [2.45, 2.75) is 6.92 Å². The van der Waals surface area contributed by atoms with E-state index in [9.17, 15) is 14.3 Å². The van der Waals surface area contributed by atoms with Crippen molar-refractivity contribution in [3.63, 3.8) is 0 Å². The number of carboxylic acids is 1. The number of rotatable bonds is 3. The summed E-state index contributed by atoms with van der Waals surface area (Å²) in [6.07, 6.45) is 0. The van der Waals surface area contributed by atoms with Crippen LogP contribution in [0.5, 0.6) is 0 Å². The fourth-order valence-electron chi connectivity index (χ4n) is 2.61. The van der Waals surface area contributed by atoms with E-state index in [1.807, 2.05) is 19.1 Å². The lowest BCUT2D eigenvalue weighted by molar-refractivity contribution is 0.0687. The summed E-state index contributed by atoms with van der Waals surface area (Å²) in [5.74, 6) is -1.48. The Hall–Kier alpha value is -2.53. The first-order valence-electron chi connectivity index (χ1n) is 6.92. The number of nitrogens with one attached hydrogen (secondary N) is 1. The molecule has 2 aromatic carbocycles. The number of anilines is 2. The van der Waals surface area contributed by atoms with Gasteiger partial charge in [0.15, 0.2) is 0 Å². The first-order chi connectivity index (χ1) is 10.9. The van der Waals surface area contributed by atoms with Gasteiger partial charge in [0.1, 0.15) is 11.5 Å². The monoisotopic (exact) mass is 332 g/mol. The lowest BCUT2D eigenvalue weighted by atomic mass is 10.1. The lowest BCUT2D eigenvalue weighted by Gasteiger charge is -2.10. The van der Waals surface area contributed by atoms with Gasteiger partial charge in [0.05, 0.1) is 10.5 Å². The maximum Gasteiger partial charge on any atom is 0.352 e. The number of carbonyl (C=O) groups is 1. The zero-order valence-corrected chi connectivity index (χ0v) is 13.3. The van der Waals surface area contributed by atoms with Crippen LogP contribution in [-0.4, -0.2) is 15.6 Å². The van der Waals surface area contributed by atoms with Gasteiger partial charge < -0.3 is 15.0 Å². The van der Waals surface area contributed by atoms with E-state index in [0.717, 1.165) is 22.2 Å². The highest BCUT2D eigenvalue weighted by Gasteiger charge is 2.15. The molecule has 0 fully saturated rings. The fourth-order valence-corrected chi connectivity index (χ4v) is 2.79. The Balaban J connectivity index is 2.14. The molecule has 2 N–H and O–H groups in total. The van der Waals surface area contributed by atoms with Gasteiger partial charge >= 0.3 is 5.97 Å². The minimum Gasteiger partial charge on any atom is -0.477 e. The number of aromatic nitrogens is 1. The van der Waals surface area contributed by atoms with Gasteiger partial charge in [-0.1, -0.05) is 11.6 Å². The van der Waals surface area contributed by atoms with Crippen molar-refractivity contribution >= 4 is 39.8 Å². The molecular weight excluding hydrogens is 319 g/mol. The Morgan fingerprint density at radius 2 is 2.00 bits per heavy atom. The number of aromatic carboxylic acids is 1. The zero-order chi connectivity index (χ0) is 16.7. The quantitative estimate of drug-likeness (QED) is 0.729. The molecule has 0 aliphatic carbocycles. The standard InChI is InChI=1S/C17H14ClFN2O2/c1-9-5-14(20-10-3-4-13(19)12(18)7-10)11-8-16(17(22)23)21(2)15(11)6-9/h3-8,20H,1-2H3,(H,22,23). The van der Waals surface area contributed by atoms with E-state index in [2.05, 4.69) is 5.32 Å². The van der Waals surface area contributed by atoms with Crippen LogP contribution in [0.1, 0.15) is 16.1 Å². The summed E-state index contributed by atoms with van der Waals surface area (Å²) >= 11 is 5.80. The van der Waals surface area contributed by atoms with Crippen molar-refractivity contribution in [1.29, 1.82) is 0 Å². The largest absolute Gasteiger partial charge is 0.477 e. The molecule has 0 aliphatic rings. The molecule has 118 valence electrons. The van der Waals surface area contributed by atoms with Gasteiger partial charge in [-0.2, -0.15) is 0 Å². The van der Waals surface area contributed by atoms with Crippen LogP contribution in [-0.2, 0) is 7.05 Å². The zero-order valence-electron chi connectivity index (χ0n) is 12.5. The molecule has 0 saturated heterocycles. The highest BCUT2D eigenvalue weighted by molar-refractivity contribution is 6.31. The second-order valence-electron chi connectivity index (χ2n) is 5.39. The van der Waals surface area contributed by atoms with Gasteiger partial charge in [0.25, 0.3) is 0 Å². The van der Waals surface area contributed by atoms with Crippen LogP contribution in [0.4, 0.5) is 15.8 Å². The summed E-state index contributed by atoms with van der Waals surface area (Å²) < 4.78 is 14.9. The minimum absolute atomic E-state index is 0.0261. The number of hydrogen-bond donors (Lipinski definition) is 2. The number of halogens is 2. The van der Waals surface area contributed by atoms with Crippen LogP contribution >= 0.6 is 11.6 Å². The van der Waals surface area contributed by atoms with E-state index in [4.69, 9.17) is 11.6 Å². The molecule has 0 bridgehead atoms. The normalized spacial score (nSPS) is 11.0. The van der Waals surface area contributed by atoms with Gasteiger partial charge in [-0.25, -0.2) is 9.18 Å². The summed E-state index contributed by atoms with van der Waals surface area (Å²) in [5.41, 5.74) is 3.35. The van der Waals surface area contributed by atoms with Gasteiger partial charge in [-0.3, -0.25) is 0 Å². The highest BCUT2D eigenvalue weighted by Crippen LogP contribution is 2.31. The Labute approximate surface area is 137 Å². The molecule has 1 heterocycles. The smallest absolute Gasteiger partial charge is 0.352 e. The van der Waals surface area contributed by atoms with Crippen LogP contribution < -0.4 is 5.32 Å². The van der Waals surface area contributed by atoms with Crippen molar-refractivity contribution < 1.29 is 14.3 Å². The van der Waals surface area contributed by atoms with E-state index < -0.39 is 11.8 Å². The summed E-state index contributed by atoms with van der Waals surface area (Å²) in [6.45, 7) is 1.93. The van der Waals surface area contributed by atoms with Crippen LogP contribution in [0, 0.1) is 12.7 Å². The molecule has 0 aliphatic heterocycles. The molecule has 1 aromatic heterocycles. The first-order valence-corrected chi connectivity index (χ1v) is 7.30. The molecule has 0 amide bonds. The average Bonchev–Trinajstić information content (AvgIpc) is 2.81. The molecule has 0 saturated carbocycles. The molecule has 0 unspecified atom stereocenters. The van der Waals surface area contributed by atoms with Crippen LogP contribution in [0.15, 0.2) is 36.4 Å². The molecule has 4 nitrogen and oxygen atoms in total. The number of fused-ring (bicyclic) bond motifs is 1. The number of hydrogen-bond acceptors (Lipinski definition) is 2. The van der Waals surface area contributed by atoms with Crippen molar-refractivity contribution in [2.24, 2.45) is 7.05 Å². The molecule has 3 rings (SSSR count). The number of aryl methyl sites for hydroxylation is 2. The molecule has 0 radical (unpaired) electrons. The minimum atomic E-state index is -0.989. The first kappa shape index (κ1) is 15.4. The van der Waals surface area contributed by atoms with Crippen molar-refractivity contribution in [3.05, 3.63) is 58.5 Å². The Bertz CT molecular complexity index is 934. The third kappa shape index (κ3) is 2.75. The summed E-state index contributed by atoms with van der Waals surface area (Å²) in [4.78, 5) is 11.3. The molecule has 3 aromatic rings. The van der Waals surface area contributed by atoms with E-state index in [-0.39, 0.29) is 10.7 Å². The third-order valence-electron chi connectivity index (χ3n) is 3.72.